The van der Waals surface area contributed by atoms with Crippen molar-refractivity contribution in [1.82, 2.24) is 4.72 Å². The zero-order chi connectivity index (χ0) is 15.7. The first-order valence-electron chi connectivity index (χ1n) is 7.01. The third kappa shape index (κ3) is 3.42. The number of hydrogen-bond acceptors (Lipinski definition) is 3. The molecule has 1 fully saturated rings. The van der Waals surface area contributed by atoms with Gasteiger partial charge >= 0.3 is 0 Å². The Balaban J connectivity index is 2.09. The van der Waals surface area contributed by atoms with E-state index in [-0.39, 0.29) is 22.5 Å². The molecule has 1 aromatic carbocycles. The fraction of sp³-hybridized carbons (Fsp3) is 0.600. The number of nitrogens with one attached hydrogen (secondary N) is 1. The van der Waals surface area contributed by atoms with Crippen LogP contribution in [0.5, 0.6) is 0 Å². The Morgan fingerprint density at radius 2 is 1.95 bits per heavy atom. The second kappa shape index (κ2) is 6.24. The summed E-state index contributed by atoms with van der Waals surface area (Å²) in [6.07, 6.45) is 1.53. The quantitative estimate of drug-likeness (QED) is 0.815. The summed E-state index contributed by atoms with van der Waals surface area (Å²) in [6.45, 7) is 4.03. The van der Waals surface area contributed by atoms with Gasteiger partial charge in [0.25, 0.3) is 0 Å². The Morgan fingerprint density at radius 3 is 2.43 bits per heavy atom. The molecule has 21 heavy (non-hydrogen) atoms. The van der Waals surface area contributed by atoms with Gasteiger partial charge in [0.05, 0.1) is 11.0 Å². The van der Waals surface area contributed by atoms with Crippen LogP contribution in [0.4, 0.5) is 0 Å². The van der Waals surface area contributed by atoms with Crippen LogP contribution in [0.25, 0.3) is 0 Å². The first-order chi connectivity index (χ1) is 9.81. The number of halogens is 1. The lowest BCUT2D eigenvalue weighted by Crippen LogP contribution is -2.61. The Hall–Kier alpha value is -0.620. The zero-order valence-corrected chi connectivity index (χ0v) is 14.2. The maximum Gasteiger partial charge on any atom is 0.240 e. The van der Waals surface area contributed by atoms with Crippen LogP contribution >= 0.6 is 11.6 Å². The van der Waals surface area contributed by atoms with Crippen molar-refractivity contribution in [3.05, 3.63) is 29.8 Å². The fourth-order valence-electron chi connectivity index (χ4n) is 2.69. The summed E-state index contributed by atoms with van der Waals surface area (Å²) in [5.41, 5.74) is 0.841. The van der Waals surface area contributed by atoms with E-state index in [0.717, 1.165) is 12.0 Å². The second-order valence-electron chi connectivity index (χ2n) is 6.04. The molecule has 0 spiro atoms. The number of sulfonamides is 1. The Labute approximate surface area is 131 Å². The minimum Gasteiger partial charge on any atom is -0.381 e. The molecule has 0 aromatic heterocycles. The number of methoxy groups -OCH3 is 1. The summed E-state index contributed by atoms with van der Waals surface area (Å²) in [6, 6.07) is 6.77. The highest BCUT2D eigenvalue weighted by Crippen LogP contribution is 2.43. The maximum atomic E-state index is 12.4. The summed E-state index contributed by atoms with van der Waals surface area (Å²) < 4.78 is 32.9. The molecule has 2 atom stereocenters. The summed E-state index contributed by atoms with van der Waals surface area (Å²) in [4.78, 5) is 0.289. The standard InChI is InChI=1S/C15H22ClNO3S/c1-15(2)13(10-14(15)20-3)17-21(18,19)12-6-4-11(5-7-12)8-9-16/h4-7,13-14,17H,8-10H2,1-3H3. The van der Waals surface area contributed by atoms with Gasteiger partial charge < -0.3 is 4.74 Å². The number of aryl methyl sites for hydroxylation is 1. The number of hydrogen-bond donors (Lipinski definition) is 1. The summed E-state index contributed by atoms with van der Waals surface area (Å²) in [5, 5.41) is 0. The molecule has 0 radical (unpaired) electrons. The van der Waals surface area contributed by atoms with Crippen molar-refractivity contribution in [3.63, 3.8) is 0 Å². The van der Waals surface area contributed by atoms with E-state index < -0.39 is 10.0 Å². The van der Waals surface area contributed by atoms with Crippen molar-refractivity contribution >= 4 is 21.6 Å². The molecule has 1 aliphatic rings. The van der Waals surface area contributed by atoms with E-state index in [1.165, 1.54) is 0 Å². The average molecular weight is 332 g/mol. The van der Waals surface area contributed by atoms with Crippen LogP contribution in [0.3, 0.4) is 0 Å². The van der Waals surface area contributed by atoms with E-state index in [1.807, 2.05) is 13.8 Å². The summed E-state index contributed by atoms with van der Waals surface area (Å²) in [7, 11) is -1.83. The Morgan fingerprint density at radius 1 is 1.33 bits per heavy atom. The zero-order valence-electron chi connectivity index (χ0n) is 12.6. The van der Waals surface area contributed by atoms with Crippen LogP contribution in [-0.2, 0) is 21.2 Å². The van der Waals surface area contributed by atoms with Gasteiger partial charge in [-0.25, -0.2) is 13.1 Å². The van der Waals surface area contributed by atoms with Crippen molar-refractivity contribution in [2.75, 3.05) is 13.0 Å². The fourth-order valence-corrected chi connectivity index (χ4v) is 4.31. The molecule has 2 unspecified atom stereocenters. The minimum absolute atomic E-state index is 0.0938. The topological polar surface area (TPSA) is 55.4 Å². The number of ether oxygens (including phenoxy) is 1. The minimum atomic E-state index is -3.49. The van der Waals surface area contributed by atoms with E-state index in [1.54, 1.807) is 31.4 Å². The molecular weight excluding hydrogens is 310 g/mol. The van der Waals surface area contributed by atoms with Crippen LogP contribution in [0, 0.1) is 5.41 Å². The van der Waals surface area contributed by atoms with E-state index in [0.29, 0.717) is 12.3 Å². The summed E-state index contributed by atoms with van der Waals surface area (Å²) in [5.74, 6) is 0.527. The summed E-state index contributed by atoms with van der Waals surface area (Å²) >= 11 is 5.68. The highest BCUT2D eigenvalue weighted by molar-refractivity contribution is 7.89. The second-order valence-corrected chi connectivity index (χ2v) is 8.13. The molecule has 1 aliphatic carbocycles. The number of benzene rings is 1. The lowest BCUT2D eigenvalue weighted by molar-refractivity contribution is -0.0908. The van der Waals surface area contributed by atoms with E-state index in [9.17, 15) is 8.42 Å². The Bertz CT molecular complexity index is 583. The maximum absolute atomic E-state index is 12.4. The highest BCUT2D eigenvalue weighted by Gasteiger charge is 2.50. The molecule has 0 saturated heterocycles. The van der Waals surface area contributed by atoms with Gasteiger partial charge in [-0.1, -0.05) is 26.0 Å². The van der Waals surface area contributed by atoms with E-state index >= 15 is 0 Å². The molecule has 1 saturated carbocycles. The van der Waals surface area contributed by atoms with Gasteiger partial charge in [-0.2, -0.15) is 0 Å². The van der Waals surface area contributed by atoms with Crippen molar-refractivity contribution in [2.45, 2.75) is 43.7 Å². The van der Waals surface area contributed by atoms with Crippen molar-refractivity contribution in [3.8, 4) is 0 Å². The number of alkyl halides is 1. The van der Waals surface area contributed by atoms with E-state index in [4.69, 9.17) is 16.3 Å². The molecule has 1 N–H and O–H groups in total. The van der Waals surface area contributed by atoms with Gasteiger partial charge in [0.15, 0.2) is 0 Å². The van der Waals surface area contributed by atoms with Crippen molar-refractivity contribution in [1.29, 1.82) is 0 Å². The molecule has 4 nitrogen and oxygen atoms in total. The molecule has 0 bridgehead atoms. The van der Waals surface area contributed by atoms with Gasteiger partial charge in [0, 0.05) is 24.4 Å². The highest BCUT2D eigenvalue weighted by atomic mass is 35.5. The van der Waals surface area contributed by atoms with Crippen LogP contribution in [0.1, 0.15) is 25.8 Å². The van der Waals surface area contributed by atoms with Crippen molar-refractivity contribution in [2.24, 2.45) is 5.41 Å². The van der Waals surface area contributed by atoms with Crippen LogP contribution in [0.2, 0.25) is 0 Å². The average Bonchev–Trinajstić information content (AvgIpc) is 2.44. The van der Waals surface area contributed by atoms with Gasteiger partial charge in [-0.3, -0.25) is 0 Å². The van der Waals surface area contributed by atoms with Gasteiger partial charge in [0.1, 0.15) is 0 Å². The Kier molecular flexibility index (Phi) is 4.98. The molecule has 6 heteroatoms. The first kappa shape index (κ1) is 16.7. The largest absolute Gasteiger partial charge is 0.381 e. The van der Waals surface area contributed by atoms with Crippen LogP contribution in [0.15, 0.2) is 29.2 Å². The SMILES string of the molecule is COC1CC(NS(=O)(=O)c2ccc(CCCl)cc2)C1(C)C. The monoisotopic (exact) mass is 331 g/mol. The molecule has 1 aromatic rings. The predicted molar refractivity (Wildman–Crippen MR) is 84.2 cm³/mol. The first-order valence-corrected chi connectivity index (χ1v) is 9.03. The van der Waals surface area contributed by atoms with Gasteiger partial charge in [-0.05, 0) is 30.5 Å². The molecule has 118 valence electrons. The molecule has 0 aliphatic heterocycles. The molecular formula is C15H22ClNO3S. The lowest BCUT2D eigenvalue weighted by atomic mass is 9.65. The van der Waals surface area contributed by atoms with Crippen LogP contribution < -0.4 is 4.72 Å². The molecule has 0 amide bonds. The number of rotatable bonds is 6. The third-order valence-electron chi connectivity index (χ3n) is 4.38. The normalized spacial score (nSPS) is 24.6. The van der Waals surface area contributed by atoms with E-state index in [2.05, 4.69) is 4.72 Å². The van der Waals surface area contributed by atoms with Crippen LogP contribution in [-0.4, -0.2) is 33.6 Å². The molecule has 2 rings (SSSR count). The molecule has 0 heterocycles. The van der Waals surface area contributed by atoms with Gasteiger partial charge in [-0.15, -0.1) is 11.6 Å². The lowest BCUT2D eigenvalue weighted by Gasteiger charge is -2.50. The van der Waals surface area contributed by atoms with Crippen molar-refractivity contribution < 1.29 is 13.2 Å². The third-order valence-corrected chi connectivity index (χ3v) is 6.05. The smallest absolute Gasteiger partial charge is 0.240 e. The van der Waals surface area contributed by atoms with Gasteiger partial charge in [0.2, 0.25) is 10.0 Å². The predicted octanol–water partition coefficient (Wildman–Crippen LogP) is 2.56.